The first-order valence-corrected chi connectivity index (χ1v) is 7.86. The molecule has 3 atom stereocenters. The van der Waals surface area contributed by atoms with Gasteiger partial charge in [0.2, 0.25) is 5.91 Å². The zero-order valence-corrected chi connectivity index (χ0v) is 13.0. The van der Waals surface area contributed by atoms with E-state index in [1.807, 2.05) is 24.3 Å². The third-order valence-electron chi connectivity index (χ3n) is 3.97. The maximum Gasteiger partial charge on any atom is 0.224 e. The fourth-order valence-corrected chi connectivity index (χ4v) is 2.94. The molecule has 2 aromatic rings. The molecule has 22 heavy (non-hydrogen) atoms. The van der Waals surface area contributed by atoms with Gasteiger partial charge in [0, 0.05) is 10.9 Å². The Labute approximate surface area is 133 Å². The lowest BCUT2D eigenvalue weighted by Gasteiger charge is -2.14. The second kappa shape index (κ2) is 6.44. The lowest BCUT2D eigenvalue weighted by atomic mass is 10.1. The van der Waals surface area contributed by atoms with Crippen molar-refractivity contribution in [2.75, 3.05) is 0 Å². The van der Waals surface area contributed by atoms with Crippen molar-refractivity contribution < 1.29 is 4.79 Å². The molecule has 116 valence electrons. The highest BCUT2D eigenvalue weighted by Gasteiger charge is 2.44. The fraction of sp³-hybridized carbons (Fsp3) is 0.467. The summed E-state index contributed by atoms with van der Waals surface area (Å²) in [6, 6.07) is 7.53. The predicted molar refractivity (Wildman–Crippen MR) is 82.3 cm³/mol. The lowest BCUT2D eigenvalue weighted by molar-refractivity contribution is -0.123. The summed E-state index contributed by atoms with van der Waals surface area (Å²) in [5.74, 6) is 0.847. The summed E-state index contributed by atoms with van der Waals surface area (Å²) in [7, 11) is 0. The molecule has 0 aliphatic heterocycles. The summed E-state index contributed by atoms with van der Waals surface area (Å²) in [5.41, 5.74) is 1.12. The second-order valence-electron chi connectivity index (χ2n) is 5.62. The Hall–Kier alpha value is -1.95. The molecule has 0 saturated heterocycles. The van der Waals surface area contributed by atoms with Crippen molar-refractivity contribution in [1.29, 1.82) is 0 Å². The van der Waals surface area contributed by atoms with Crippen LogP contribution in [0.4, 0.5) is 0 Å². The van der Waals surface area contributed by atoms with Crippen molar-refractivity contribution in [2.45, 2.75) is 38.1 Å². The first-order valence-electron chi connectivity index (χ1n) is 7.48. The number of carbonyl (C=O) groups excluding carboxylic acids is 1. The molecule has 1 aliphatic rings. The predicted octanol–water partition coefficient (Wildman–Crippen LogP) is 2.61. The van der Waals surface area contributed by atoms with E-state index in [1.165, 1.54) is 0 Å². The van der Waals surface area contributed by atoms with Crippen LogP contribution in [-0.4, -0.2) is 26.5 Å². The van der Waals surface area contributed by atoms with E-state index in [9.17, 15) is 4.79 Å². The zero-order valence-electron chi connectivity index (χ0n) is 12.3. The van der Waals surface area contributed by atoms with E-state index >= 15 is 0 Å². The average Bonchev–Trinajstić information content (AvgIpc) is 3.13. The molecule has 1 heterocycles. The summed E-state index contributed by atoms with van der Waals surface area (Å²) in [6.07, 6.45) is 2.58. The monoisotopic (exact) mass is 319 g/mol. The van der Waals surface area contributed by atoms with Crippen LogP contribution in [0.1, 0.15) is 49.5 Å². The number of tetrazole rings is 1. The molecular weight excluding hydrogens is 302 g/mol. The van der Waals surface area contributed by atoms with Crippen LogP contribution in [0.25, 0.3) is 0 Å². The van der Waals surface area contributed by atoms with Crippen molar-refractivity contribution in [3.05, 3.63) is 40.7 Å². The van der Waals surface area contributed by atoms with Gasteiger partial charge in [-0.15, -0.1) is 10.2 Å². The summed E-state index contributed by atoms with van der Waals surface area (Å²) < 4.78 is 0. The Bertz CT molecular complexity index is 645. The van der Waals surface area contributed by atoms with E-state index in [4.69, 9.17) is 11.6 Å². The first-order chi connectivity index (χ1) is 10.7. The number of benzene rings is 1. The van der Waals surface area contributed by atoms with Gasteiger partial charge in [-0.05, 0) is 36.5 Å². The molecule has 1 aromatic heterocycles. The first kappa shape index (κ1) is 15.0. The minimum Gasteiger partial charge on any atom is -0.346 e. The molecule has 0 unspecified atom stereocenters. The number of nitrogens with one attached hydrogen (secondary N) is 2. The Kier molecular flexibility index (Phi) is 4.38. The molecule has 1 aromatic carbocycles. The average molecular weight is 320 g/mol. The van der Waals surface area contributed by atoms with Crippen LogP contribution in [0, 0.1) is 5.92 Å². The van der Waals surface area contributed by atoms with Crippen molar-refractivity contribution >= 4 is 17.5 Å². The summed E-state index contributed by atoms with van der Waals surface area (Å²) in [4.78, 5) is 12.4. The van der Waals surface area contributed by atoms with Crippen molar-refractivity contribution in [1.82, 2.24) is 25.9 Å². The maximum atomic E-state index is 12.4. The molecule has 1 saturated carbocycles. The van der Waals surface area contributed by atoms with Gasteiger partial charge in [-0.25, -0.2) is 0 Å². The highest BCUT2D eigenvalue weighted by molar-refractivity contribution is 6.30. The number of aromatic amines is 1. The van der Waals surface area contributed by atoms with Crippen LogP contribution in [-0.2, 0) is 4.79 Å². The van der Waals surface area contributed by atoms with Gasteiger partial charge in [0.15, 0.2) is 5.82 Å². The van der Waals surface area contributed by atoms with Crippen LogP contribution in [0.2, 0.25) is 5.02 Å². The molecule has 0 spiro atoms. The molecule has 1 aliphatic carbocycles. The highest BCUT2D eigenvalue weighted by atomic mass is 35.5. The molecule has 7 heteroatoms. The molecule has 0 bridgehead atoms. The highest BCUT2D eigenvalue weighted by Crippen LogP contribution is 2.48. The minimum atomic E-state index is -0.183. The normalized spacial score (nSPS) is 21.4. The van der Waals surface area contributed by atoms with E-state index in [0.717, 1.165) is 24.8 Å². The topological polar surface area (TPSA) is 83.6 Å². The van der Waals surface area contributed by atoms with Gasteiger partial charge in [-0.2, -0.15) is 5.21 Å². The van der Waals surface area contributed by atoms with Crippen LogP contribution in [0.5, 0.6) is 0 Å². The van der Waals surface area contributed by atoms with E-state index in [-0.39, 0.29) is 23.8 Å². The summed E-state index contributed by atoms with van der Waals surface area (Å²) in [6.45, 7) is 2.06. The lowest BCUT2D eigenvalue weighted by Crippen LogP contribution is -2.30. The van der Waals surface area contributed by atoms with Gasteiger partial charge in [0.05, 0.1) is 6.04 Å². The van der Waals surface area contributed by atoms with Crippen molar-refractivity contribution in [2.24, 2.45) is 5.92 Å². The zero-order chi connectivity index (χ0) is 15.5. The third-order valence-corrected chi connectivity index (χ3v) is 4.21. The molecule has 2 N–H and O–H groups in total. The van der Waals surface area contributed by atoms with Gasteiger partial charge in [-0.1, -0.05) is 42.3 Å². The van der Waals surface area contributed by atoms with E-state index in [0.29, 0.717) is 10.8 Å². The quantitative estimate of drug-likeness (QED) is 0.857. The molecule has 1 amide bonds. The maximum absolute atomic E-state index is 12.4. The van der Waals surface area contributed by atoms with E-state index in [1.54, 1.807) is 0 Å². The van der Waals surface area contributed by atoms with Crippen LogP contribution < -0.4 is 5.32 Å². The number of halogens is 1. The fourth-order valence-electron chi connectivity index (χ4n) is 2.74. The Balaban J connectivity index is 1.63. The number of amides is 1. The largest absolute Gasteiger partial charge is 0.346 e. The molecule has 0 radical (unpaired) electrons. The SMILES string of the molecule is CCC[C@H](NC(=O)[C@H]1C[C@@H]1c1cccc(Cl)c1)c1nn[nH]n1. The van der Waals surface area contributed by atoms with Crippen LogP contribution >= 0.6 is 11.6 Å². The van der Waals surface area contributed by atoms with Crippen LogP contribution in [0.3, 0.4) is 0 Å². The number of nitrogens with zero attached hydrogens (tertiary/aromatic N) is 3. The molecule has 1 fully saturated rings. The third kappa shape index (κ3) is 3.27. The second-order valence-corrected chi connectivity index (χ2v) is 6.06. The molecule has 3 rings (SSSR count). The van der Waals surface area contributed by atoms with Crippen LogP contribution in [0.15, 0.2) is 24.3 Å². The molecule has 6 nitrogen and oxygen atoms in total. The summed E-state index contributed by atoms with van der Waals surface area (Å²) in [5, 5.41) is 17.7. The number of aromatic nitrogens is 4. The number of H-pyrrole nitrogens is 1. The Morgan fingerprint density at radius 3 is 3.09 bits per heavy atom. The standard InChI is InChI=1S/C15H18ClN5O/c1-2-4-13(14-18-20-21-19-14)17-15(22)12-8-11(12)9-5-3-6-10(16)7-9/h3,5-7,11-13H,2,4,8H2,1H3,(H,17,22)(H,18,19,20,21)/t11-,12+,13+/m1/s1. The summed E-state index contributed by atoms with van der Waals surface area (Å²) >= 11 is 6.01. The van der Waals surface area contributed by atoms with Gasteiger partial charge in [-0.3, -0.25) is 4.79 Å². The van der Waals surface area contributed by atoms with Crippen molar-refractivity contribution in [3.8, 4) is 0 Å². The smallest absolute Gasteiger partial charge is 0.224 e. The van der Waals surface area contributed by atoms with E-state index in [2.05, 4.69) is 32.9 Å². The van der Waals surface area contributed by atoms with Crippen molar-refractivity contribution in [3.63, 3.8) is 0 Å². The van der Waals surface area contributed by atoms with E-state index < -0.39 is 0 Å². The Morgan fingerprint density at radius 2 is 2.41 bits per heavy atom. The number of rotatable bonds is 6. The van der Waals surface area contributed by atoms with Gasteiger partial charge in [0.1, 0.15) is 0 Å². The Morgan fingerprint density at radius 1 is 1.55 bits per heavy atom. The minimum absolute atomic E-state index is 0.00437. The van der Waals surface area contributed by atoms with Gasteiger partial charge >= 0.3 is 0 Å². The number of hydrogen-bond acceptors (Lipinski definition) is 4. The number of carbonyl (C=O) groups is 1. The molecular formula is C15H18ClN5O. The van der Waals surface area contributed by atoms with Gasteiger partial charge < -0.3 is 5.32 Å². The number of hydrogen-bond donors (Lipinski definition) is 2. The van der Waals surface area contributed by atoms with Gasteiger partial charge in [0.25, 0.3) is 0 Å².